The molecule has 0 bridgehead atoms. The second-order valence-corrected chi connectivity index (χ2v) is 9.97. The molecule has 4 rings (SSSR count). The zero-order chi connectivity index (χ0) is 32.3. The lowest BCUT2D eigenvalue weighted by molar-refractivity contribution is -0.376. The summed E-state index contributed by atoms with van der Waals surface area (Å²) in [5.74, 6) is -0.695. The van der Waals surface area contributed by atoms with Gasteiger partial charge in [-0.1, -0.05) is 24.3 Å². The topological polar surface area (TPSA) is 94.1 Å². The van der Waals surface area contributed by atoms with Gasteiger partial charge in [-0.2, -0.15) is 26.3 Å². The molecule has 1 heterocycles. The Morgan fingerprint density at radius 1 is 0.841 bits per heavy atom. The number of carbonyl (C=O) groups excluding carboxylic acids is 2. The third-order valence-electron chi connectivity index (χ3n) is 7.07. The van der Waals surface area contributed by atoms with Crippen LogP contribution in [0.2, 0.25) is 0 Å². The van der Waals surface area contributed by atoms with E-state index in [4.69, 9.17) is 4.74 Å². The summed E-state index contributed by atoms with van der Waals surface area (Å²) in [6.45, 7) is 1.29. The van der Waals surface area contributed by atoms with E-state index in [1.54, 1.807) is 24.3 Å². The van der Waals surface area contributed by atoms with Crippen LogP contribution in [0.3, 0.4) is 0 Å². The summed E-state index contributed by atoms with van der Waals surface area (Å²) in [4.78, 5) is 28.5. The van der Waals surface area contributed by atoms with Gasteiger partial charge in [-0.3, -0.25) is 9.69 Å². The Morgan fingerprint density at radius 3 is 1.95 bits per heavy atom. The number of methoxy groups -OCH3 is 1. The number of alkyl halides is 6. The third kappa shape index (κ3) is 7.05. The van der Waals surface area contributed by atoms with Gasteiger partial charge in [0, 0.05) is 49.5 Å². The average molecular weight is 629 g/mol. The monoisotopic (exact) mass is 628 g/mol. The number of ether oxygens (including phenoxy) is 1. The summed E-state index contributed by atoms with van der Waals surface area (Å²) < 4.78 is 98.5. The molecule has 15 heteroatoms. The minimum atomic E-state index is -5.97. The molecule has 0 saturated carbocycles. The van der Waals surface area contributed by atoms with E-state index in [1.807, 2.05) is 4.90 Å². The molecule has 236 valence electrons. The molecule has 3 aromatic rings. The number of aliphatic hydroxyl groups is 1. The molecule has 3 aromatic carbocycles. The summed E-state index contributed by atoms with van der Waals surface area (Å²) in [6, 6.07) is 12.7. The van der Waals surface area contributed by atoms with E-state index in [2.05, 4.69) is 10.6 Å². The lowest BCUT2D eigenvalue weighted by Crippen LogP contribution is -2.53. The number of carbonyl (C=O) groups is 2. The summed E-state index contributed by atoms with van der Waals surface area (Å²) in [5.41, 5.74) is -5.59. The summed E-state index contributed by atoms with van der Waals surface area (Å²) >= 11 is 0. The number of halogens is 7. The molecule has 0 radical (unpaired) electrons. The Morgan fingerprint density at radius 2 is 1.43 bits per heavy atom. The second kappa shape index (κ2) is 12.7. The van der Waals surface area contributed by atoms with E-state index in [1.165, 1.54) is 24.1 Å². The molecule has 0 unspecified atom stereocenters. The van der Waals surface area contributed by atoms with Gasteiger partial charge in [-0.25, -0.2) is 9.18 Å². The van der Waals surface area contributed by atoms with Gasteiger partial charge in [0.1, 0.15) is 11.6 Å². The fourth-order valence-electron chi connectivity index (χ4n) is 4.60. The van der Waals surface area contributed by atoms with Crippen LogP contribution in [0, 0.1) is 5.82 Å². The van der Waals surface area contributed by atoms with Crippen molar-refractivity contribution in [2.24, 2.45) is 0 Å². The average Bonchev–Trinajstić information content (AvgIpc) is 2.97. The molecule has 0 aliphatic carbocycles. The van der Waals surface area contributed by atoms with Gasteiger partial charge in [0.05, 0.1) is 12.8 Å². The Bertz CT molecular complexity index is 1460. The fraction of sp³-hybridized carbons (Fsp3) is 0.310. The maximum Gasteiger partial charge on any atom is 0.430 e. The van der Waals surface area contributed by atoms with Gasteiger partial charge in [0.25, 0.3) is 11.5 Å². The van der Waals surface area contributed by atoms with Gasteiger partial charge in [0.2, 0.25) is 0 Å². The summed E-state index contributed by atoms with van der Waals surface area (Å²) in [7, 11) is 1.50. The highest BCUT2D eigenvalue weighted by Crippen LogP contribution is 2.50. The van der Waals surface area contributed by atoms with Crippen molar-refractivity contribution in [3.8, 4) is 5.75 Å². The van der Waals surface area contributed by atoms with Crippen LogP contribution in [-0.2, 0) is 12.1 Å². The van der Waals surface area contributed by atoms with Crippen LogP contribution < -0.4 is 15.4 Å². The van der Waals surface area contributed by atoms with Crippen molar-refractivity contribution in [3.63, 3.8) is 0 Å². The first-order chi connectivity index (χ1) is 20.6. The Labute approximate surface area is 247 Å². The molecule has 8 nitrogen and oxygen atoms in total. The highest BCUT2D eigenvalue weighted by molar-refractivity contribution is 6.00. The predicted octanol–water partition coefficient (Wildman–Crippen LogP) is 5.75. The second-order valence-electron chi connectivity index (χ2n) is 9.97. The molecule has 3 amide bonds. The number of hydrogen-bond acceptors (Lipinski definition) is 5. The Balaban J connectivity index is 1.31. The lowest BCUT2D eigenvalue weighted by Gasteiger charge is -2.35. The van der Waals surface area contributed by atoms with E-state index < -0.39 is 41.3 Å². The summed E-state index contributed by atoms with van der Waals surface area (Å²) in [5, 5.41) is 14.5. The summed E-state index contributed by atoms with van der Waals surface area (Å²) in [6.07, 6.45) is -11.9. The van der Waals surface area contributed by atoms with Crippen molar-refractivity contribution in [2.45, 2.75) is 24.5 Å². The van der Waals surface area contributed by atoms with Crippen LogP contribution in [0.1, 0.15) is 21.5 Å². The number of rotatable bonds is 7. The van der Waals surface area contributed by atoms with Crippen molar-refractivity contribution in [1.82, 2.24) is 9.80 Å². The highest BCUT2D eigenvalue weighted by atomic mass is 19.4. The van der Waals surface area contributed by atoms with E-state index in [0.29, 0.717) is 42.2 Å². The van der Waals surface area contributed by atoms with Crippen molar-refractivity contribution in [3.05, 3.63) is 89.2 Å². The molecule has 0 atom stereocenters. The van der Waals surface area contributed by atoms with Crippen LogP contribution in [-0.4, -0.2) is 72.5 Å². The standard InChI is InChI=1S/C29H27F7N4O4/c1-44-22-9-7-21(8-10-22)37-26(42)38-24-11-4-19(16-23(24)30)25(41)40-14-12-39(13-15-40)17-18-2-5-20(6-3-18)27(43,28(31,32)33)29(34,35)36/h2-11,16,43H,12-15,17H2,1H3,(H2,37,38,42). The number of benzene rings is 3. The molecule has 1 saturated heterocycles. The highest BCUT2D eigenvalue weighted by Gasteiger charge is 2.71. The van der Waals surface area contributed by atoms with Gasteiger partial charge in [-0.05, 0) is 48.0 Å². The first-order valence-corrected chi connectivity index (χ1v) is 13.1. The quantitative estimate of drug-likeness (QED) is 0.290. The SMILES string of the molecule is COc1ccc(NC(=O)Nc2ccc(C(=O)N3CCN(Cc4ccc(C(O)(C(F)(F)F)C(F)(F)F)cc4)CC3)cc2F)cc1. The predicted molar refractivity (Wildman–Crippen MR) is 146 cm³/mol. The number of urea groups is 1. The van der Waals surface area contributed by atoms with Gasteiger partial charge in [-0.15, -0.1) is 0 Å². The van der Waals surface area contributed by atoms with Crippen LogP contribution in [0.15, 0.2) is 66.7 Å². The molecule has 1 fully saturated rings. The maximum atomic E-state index is 14.7. The molecule has 0 spiro atoms. The van der Waals surface area contributed by atoms with Crippen molar-refractivity contribution < 1.29 is 50.2 Å². The zero-order valence-electron chi connectivity index (χ0n) is 23.1. The van der Waals surface area contributed by atoms with Gasteiger partial charge < -0.3 is 25.4 Å². The molecular formula is C29H27F7N4O4. The first kappa shape index (κ1) is 32.5. The minimum Gasteiger partial charge on any atom is -0.497 e. The van der Waals surface area contributed by atoms with Crippen molar-refractivity contribution in [1.29, 1.82) is 0 Å². The number of amides is 3. The van der Waals surface area contributed by atoms with Crippen LogP contribution in [0.4, 0.5) is 46.9 Å². The Hall–Kier alpha value is -4.37. The lowest BCUT2D eigenvalue weighted by atomic mass is 9.91. The Kier molecular flexibility index (Phi) is 9.39. The molecular weight excluding hydrogens is 601 g/mol. The van der Waals surface area contributed by atoms with Gasteiger partial charge in [0.15, 0.2) is 0 Å². The van der Waals surface area contributed by atoms with Crippen LogP contribution in [0.25, 0.3) is 0 Å². The minimum absolute atomic E-state index is 0.0504. The molecule has 44 heavy (non-hydrogen) atoms. The van der Waals surface area contributed by atoms with E-state index in [9.17, 15) is 45.4 Å². The van der Waals surface area contributed by atoms with Crippen molar-refractivity contribution in [2.75, 3.05) is 43.9 Å². The van der Waals surface area contributed by atoms with Crippen LogP contribution >= 0.6 is 0 Å². The number of nitrogens with zero attached hydrogens (tertiary/aromatic N) is 2. The van der Waals surface area contributed by atoms with E-state index in [-0.39, 0.29) is 30.9 Å². The van der Waals surface area contributed by atoms with E-state index in [0.717, 1.165) is 18.2 Å². The van der Waals surface area contributed by atoms with Gasteiger partial charge >= 0.3 is 18.4 Å². The zero-order valence-corrected chi connectivity index (χ0v) is 23.1. The van der Waals surface area contributed by atoms with Crippen molar-refractivity contribution >= 4 is 23.3 Å². The largest absolute Gasteiger partial charge is 0.497 e. The van der Waals surface area contributed by atoms with Crippen LogP contribution in [0.5, 0.6) is 5.75 Å². The number of hydrogen-bond donors (Lipinski definition) is 3. The molecule has 3 N–H and O–H groups in total. The molecule has 1 aliphatic rings. The smallest absolute Gasteiger partial charge is 0.430 e. The third-order valence-corrected chi connectivity index (χ3v) is 7.07. The molecule has 0 aromatic heterocycles. The molecule has 1 aliphatic heterocycles. The van der Waals surface area contributed by atoms with E-state index >= 15 is 0 Å². The number of anilines is 2. The number of nitrogens with one attached hydrogen (secondary N) is 2. The number of piperazine rings is 1. The normalized spacial score (nSPS) is 14.7. The first-order valence-electron chi connectivity index (χ1n) is 13.1. The fourth-order valence-corrected chi connectivity index (χ4v) is 4.60. The maximum absolute atomic E-state index is 14.7.